The number of phenols is 1. The van der Waals surface area contributed by atoms with E-state index in [1.54, 1.807) is 6.92 Å². The predicted octanol–water partition coefficient (Wildman–Crippen LogP) is 2.95. The highest BCUT2D eigenvalue weighted by molar-refractivity contribution is 5.76. The zero-order valence-corrected chi connectivity index (χ0v) is 13.3. The number of hydrogen-bond donors (Lipinski definition) is 2. The summed E-state index contributed by atoms with van der Waals surface area (Å²) in [5.41, 5.74) is 0.589. The van der Waals surface area contributed by atoms with Crippen molar-refractivity contribution in [2.75, 3.05) is 6.61 Å². The summed E-state index contributed by atoms with van der Waals surface area (Å²) < 4.78 is 10.7. The van der Waals surface area contributed by atoms with Crippen LogP contribution >= 0.6 is 0 Å². The minimum Gasteiger partial charge on any atom is -0.504 e. The summed E-state index contributed by atoms with van der Waals surface area (Å²) >= 11 is 0. The Morgan fingerprint density at radius 3 is 2.77 bits per heavy atom. The highest BCUT2D eigenvalue weighted by Crippen LogP contribution is 2.40. The molecule has 0 amide bonds. The fraction of sp³-hybridized carbons (Fsp3) is 0.588. The predicted molar refractivity (Wildman–Crippen MR) is 81.7 cm³/mol. The van der Waals surface area contributed by atoms with Gasteiger partial charge in [-0.15, -0.1) is 0 Å². The molecule has 5 heteroatoms. The van der Waals surface area contributed by atoms with E-state index in [0.717, 1.165) is 19.3 Å². The van der Waals surface area contributed by atoms with Crippen LogP contribution in [0.5, 0.6) is 11.5 Å². The average molecular weight is 308 g/mol. The number of carbonyl (C=O) groups is 1. The number of benzene rings is 1. The Morgan fingerprint density at radius 1 is 1.45 bits per heavy atom. The molecule has 1 aromatic rings. The standard InChI is InChI=1S/C17H24O5/c1-4-21-16(20)15(19)11-5-6-13(18)14(9-11)22-12-7-8-17(2,3)10-12/h5-6,9,12,15,18-19H,4,7-8,10H2,1-3H3. The lowest BCUT2D eigenvalue weighted by Crippen LogP contribution is -2.17. The maximum Gasteiger partial charge on any atom is 0.339 e. The largest absolute Gasteiger partial charge is 0.504 e. The number of esters is 1. The molecule has 0 spiro atoms. The Hall–Kier alpha value is -1.75. The second-order valence-electron chi connectivity index (χ2n) is 6.53. The number of ether oxygens (including phenoxy) is 2. The van der Waals surface area contributed by atoms with Gasteiger partial charge < -0.3 is 19.7 Å². The van der Waals surface area contributed by atoms with Gasteiger partial charge in [-0.05, 0) is 49.3 Å². The molecule has 0 heterocycles. The molecule has 2 rings (SSSR count). The van der Waals surface area contributed by atoms with Crippen LogP contribution in [0.3, 0.4) is 0 Å². The summed E-state index contributed by atoms with van der Waals surface area (Å²) in [7, 11) is 0. The van der Waals surface area contributed by atoms with Crippen molar-refractivity contribution in [2.45, 2.75) is 52.2 Å². The van der Waals surface area contributed by atoms with Crippen LogP contribution in [0.1, 0.15) is 51.7 Å². The quantitative estimate of drug-likeness (QED) is 0.818. The Bertz CT molecular complexity index is 538. The van der Waals surface area contributed by atoms with Gasteiger partial charge in [0.15, 0.2) is 17.6 Å². The third kappa shape index (κ3) is 3.91. The van der Waals surface area contributed by atoms with Gasteiger partial charge in [-0.25, -0.2) is 4.79 Å². The number of rotatable bonds is 5. The van der Waals surface area contributed by atoms with Crippen molar-refractivity contribution in [3.05, 3.63) is 23.8 Å². The van der Waals surface area contributed by atoms with Crippen LogP contribution < -0.4 is 4.74 Å². The first-order chi connectivity index (χ1) is 10.3. The van der Waals surface area contributed by atoms with Gasteiger partial charge in [0, 0.05) is 0 Å². The zero-order valence-electron chi connectivity index (χ0n) is 13.3. The fourth-order valence-corrected chi connectivity index (χ4v) is 2.80. The number of hydrogen-bond acceptors (Lipinski definition) is 5. The average Bonchev–Trinajstić information content (AvgIpc) is 2.80. The van der Waals surface area contributed by atoms with Crippen LogP contribution in [-0.4, -0.2) is 28.9 Å². The molecule has 2 atom stereocenters. The molecule has 0 saturated heterocycles. The zero-order chi connectivity index (χ0) is 16.3. The molecule has 0 aromatic heterocycles. The van der Waals surface area contributed by atoms with Crippen molar-refractivity contribution < 1.29 is 24.5 Å². The lowest BCUT2D eigenvalue weighted by molar-refractivity contribution is -0.153. The minimum absolute atomic E-state index is 0.00418. The van der Waals surface area contributed by atoms with Gasteiger partial charge >= 0.3 is 5.97 Å². The van der Waals surface area contributed by atoms with Crippen LogP contribution in [0, 0.1) is 5.41 Å². The first kappa shape index (κ1) is 16.6. The molecule has 0 bridgehead atoms. The van der Waals surface area contributed by atoms with Crippen LogP contribution in [0.2, 0.25) is 0 Å². The molecule has 1 saturated carbocycles. The summed E-state index contributed by atoms with van der Waals surface area (Å²) in [4.78, 5) is 11.6. The molecule has 1 aromatic carbocycles. The molecular weight excluding hydrogens is 284 g/mol. The Kier molecular flexibility index (Phi) is 4.96. The summed E-state index contributed by atoms with van der Waals surface area (Å²) in [6.07, 6.45) is 1.58. The summed E-state index contributed by atoms with van der Waals surface area (Å²) in [6, 6.07) is 4.41. The van der Waals surface area contributed by atoms with Gasteiger partial charge in [0.2, 0.25) is 0 Å². The van der Waals surface area contributed by atoms with Gasteiger partial charge in [0.25, 0.3) is 0 Å². The minimum atomic E-state index is -1.37. The number of phenolic OH excluding ortho intramolecular Hbond substituents is 1. The van der Waals surface area contributed by atoms with E-state index in [2.05, 4.69) is 13.8 Å². The molecule has 5 nitrogen and oxygen atoms in total. The third-order valence-electron chi connectivity index (χ3n) is 4.03. The topological polar surface area (TPSA) is 76.0 Å². The Balaban J connectivity index is 2.12. The first-order valence-electron chi connectivity index (χ1n) is 7.66. The third-order valence-corrected chi connectivity index (χ3v) is 4.03. The fourth-order valence-electron chi connectivity index (χ4n) is 2.80. The number of aliphatic hydroxyl groups excluding tert-OH is 1. The normalized spacial score (nSPS) is 21.4. The molecule has 1 aliphatic rings. The monoisotopic (exact) mass is 308 g/mol. The van der Waals surface area contributed by atoms with E-state index < -0.39 is 12.1 Å². The van der Waals surface area contributed by atoms with E-state index in [-0.39, 0.29) is 23.9 Å². The van der Waals surface area contributed by atoms with Crippen LogP contribution in [0.15, 0.2) is 18.2 Å². The SMILES string of the molecule is CCOC(=O)C(O)c1ccc(O)c(OC2CCC(C)(C)C2)c1. The lowest BCUT2D eigenvalue weighted by Gasteiger charge is -2.19. The Labute approximate surface area is 130 Å². The van der Waals surface area contributed by atoms with Gasteiger partial charge in [-0.3, -0.25) is 0 Å². The molecule has 0 radical (unpaired) electrons. The van der Waals surface area contributed by atoms with Gasteiger partial charge in [-0.2, -0.15) is 0 Å². The summed E-state index contributed by atoms with van der Waals surface area (Å²) in [5, 5.41) is 19.9. The first-order valence-corrected chi connectivity index (χ1v) is 7.66. The highest BCUT2D eigenvalue weighted by Gasteiger charge is 2.32. The summed E-state index contributed by atoms with van der Waals surface area (Å²) in [5.74, 6) is -0.408. The Morgan fingerprint density at radius 2 is 2.18 bits per heavy atom. The van der Waals surface area contributed by atoms with Crippen LogP contribution in [0.25, 0.3) is 0 Å². The van der Waals surface area contributed by atoms with Crippen molar-refractivity contribution >= 4 is 5.97 Å². The van der Waals surface area contributed by atoms with E-state index in [1.165, 1.54) is 18.2 Å². The molecule has 122 valence electrons. The number of aromatic hydroxyl groups is 1. The van der Waals surface area contributed by atoms with Crippen molar-refractivity contribution in [3.8, 4) is 11.5 Å². The van der Waals surface area contributed by atoms with Crippen molar-refractivity contribution in [1.29, 1.82) is 0 Å². The second kappa shape index (κ2) is 6.57. The molecular formula is C17H24O5. The van der Waals surface area contributed by atoms with Gasteiger partial charge in [-0.1, -0.05) is 19.9 Å². The smallest absolute Gasteiger partial charge is 0.339 e. The lowest BCUT2D eigenvalue weighted by atomic mass is 9.92. The molecule has 2 N–H and O–H groups in total. The maximum absolute atomic E-state index is 11.6. The molecule has 22 heavy (non-hydrogen) atoms. The van der Waals surface area contributed by atoms with Crippen LogP contribution in [0.4, 0.5) is 0 Å². The summed E-state index contributed by atoms with van der Waals surface area (Å²) in [6.45, 7) is 6.26. The van der Waals surface area contributed by atoms with Crippen LogP contribution in [-0.2, 0) is 9.53 Å². The number of aliphatic hydroxyl groups is 1. The second-order valence-corrected chi connectivity index (χ2v) is 6.53. The van der Waals surface area contributed by atoms with E-state index in [4.69, 9.17) is 9.47 Å². The van der Waals surface area contributed by atoms with E-state index in [9.17, 15) is 15.0 Å². The number of carbonyl (C=O) groups excluding carboxylic acids is 1. The van der Waals surface area contributed by atoms with Crippen molar-refractivity contribution in [1.82, 2.24) is 0 Å². The molecule has 2 unspecified atom stereocenters. The van der Waals surface area contributed by atoms with Crippen molar-refractivity contribution in [2.24, 2.45) is 5.41 Å². The molecule has 0 aliphatic heterocycles. The van der Waals surface area contributed by atoms with E-state index >= 15 is 0 Å². The molecule has 1 fully saturated rings. The van der Waals surface area contributed by atoms with Gasteiger partial charge in [0.1, 0.15) is 0 Å². The van der Waals surface area contributed by atoms with Gasteiger partial charge in [0.05, 0.1) is 12.7 Å². The molecule has 1 aliphatic carbocycles. The maximum atomic E-state index is 11.6. The van der Waals surface area contributed by atoms with E-state index in [0.29, 0.717) is 11.3 Å². The van der Waals surface area contributed by atoms with E-state index in [1.807, 2.05) is 0 Å². The van der Waals surface area contributed by atoms with Crippen molar-refractivity contribution in [3.63, 3.8) is 0 Å². The highest BCUT2D eigenvalue weighted by atomic mass is 16.5.